The van der Waals surface area contributed by atoms with E-state index in [1.165, 1.54) is 11.0 Å². The average molecular weight is 406 g/mol. The van der Waals surface area contributed by atoms with Crippen molar-refractivity contribution in [2.45, 2.75) is 63.3 Å². The number of carbonyl (C=O) groups excluding carboxylic acids is 2. The molecule has 2 amide bonds. The molecular formula is C21H24F2N2O4. The van der Waals surface area contributed by atoms with Crippen molar-refractivity contribution in [2.75, 3.05) is 18.0 Å². The molecule has 1 saturated carbocycles. The van der Waals surface area contributed by atoms with E-state index in [2.05, 4.69) is 0 Å². The summed E-state index contributed by atoms with van der Waals surface area (Å²) < 4.78 is 30.4. The standard InChI is InChI=1S/C21H24F2N2O4/c1-21(2)16-17(23)12(11-5-6-11)10-13(22)18(16)25(20(21)29)14-7-9-24(19(14)28)8-3-4-15(26)27/h10-11,14H,3-9H2,1-2H3,(H,26,27)/t14-/m1/s1. The molecule has 1 aromatic rings. The number of carboxylic acids is 1. The normalized spacial score (nSPS) is 23.1. The van der Waals surface area contributed by atoms with Crippen molar-refractivity contribution in [3.05, 3.63) is 28.8 Å². The molecule has 1 aromatic carbocycles. The Balaban J connectivity index is 1.67. The lowest BCUT2D eigenvalue weighted by Gasteiger charge is -2.26. The Morgan fingerprint density at radius 1 is 1.24 bits per heavy atom. The number of aliphatic carboxylic acids is 1. The van der Waals surface area contributed by atoms with Crippen molar-refractivity contribution in [1.29, 1.82) is 0 Å². The topological polar surface area (TPSA) is 77.9 Å². The summed E-state index contributed by atoms with van der Waals surface area (Å²) in [5.41, 5.74) is -1.02. The van der Waals surface area contributed by atoms with Gasteiger partial charge in [-0.3, -0.25) is 19.3 Å². The Bertz CT molecular complexity index is 910. The molecule has 4 rings (SSSR count). The Kier molecular flexibility index (Phi) is 4.63. The van der Waals surface area contributed by atoms with Crippen LogP contribution in [0.4, 0.5) is 14.5 Å². The van der Waals surface area contributed by atoms with Gasteiger partial charge in [0.2, 0.25) is 11.8 Å². The summed E-state index contributed by atoms with van der Waals surface area (Å²) >= 11 is 0. The van der Waals surface area contributed by atoms with Crippen LogP contribution in [0.15, 0.2) is 6.07 Å². The van der Waals surface area contributed by atoms with Gasteiger partial charge in [-0.05, 0) is 57.1 Å². The number of fused-ring (bicyclic) bond motifs is 1. The first kappa shape index (κ1) is 19.8. The minimum Gasteiger partial charge on any atom is -0.481 e. The Morgan fingerprint density at radius 3 is 2.55 bits per heavy atom. The molecular weight excluding hydrogens is 382 g/mol. The SMILES string of the molecule is CC1(C)C(=O)N([C@@H]2CCN(CCCC(=O)O)C2=O)c2c(F)cc(C3CC3)c(F)c21. The molecule has 1 N–H and O–H groups in total. The molecule has 0 unspecified atom stereocenters. The van der Waals surface area contributed by atoms with E-state index in [4.69, 9.17) is 5.11 Å². The highest BCUT2D eigenvalue weighted by molar-refractivity contribution is 6.12. The number of likely N-dealkylation sites (tertiary alicyclic amines) is 1. The smallest absolute Gasteiger partial charge is 0.303 e. The molecule has 3 aliphatic rings. The molecule has 1 atom stereocenters. The molecule has 2 fully saturated rings. The Hall–Kier alpha value is -2.51. The second-order valence-corrected chi connectivity index (χ2v) is 8.69. The first-order valence-corrected chi connectivity index (χ1v) is 10.0. The lowest BCUT2D eigenvalue weighted by Crippen LogP contribution is -2.47. The molecule has 2 aliphatic heterocycles. The van der Waals surface area contributed by atoms with Crippen LogP contribution in [0.2, 0.25) is 0 Å². The number of benzene rings is 1. The highest BCUT2D eigenvalue weighted by atomic mass is 19.1. The number of hydrogen-bond acceptors (Lipinski definition) is 3. The van der Waals surface area contributed by atoms with Crippen LogP contribution in [-0.4, -0.2) is 46.9 Å². The maximum Gasteiger partial charge on any atom is 0.303 e. The van der Waals surface area contributed by atoms with E-state index in [1.807, 2.05) is 0 Å². The largest absolute Gasteiger partial charge is 0.481 e. The summed E-state index contributed by atoms with van der Waals surface area (Å²) in [5, 5.41) is 8.77. The van der Waals surface area contributed by atoms with E-state index in [-0.39, 0.29) is 36.0 Å². The van der Waals surface area contributed by atoms with Crippen LogP contribution in [0, 0.1) is 11.6 Å². The molecule has 6 nitrogen and oxygen atoms in total. The Labute approximate surface area is 167 Å². The van der Waals surface area contributed by atoms with Crippen LogP contribution in [0.3, 0.4) is 0 Å². The molecule has 0 spiro atoms. The quantitative estimate of drug-likeness (QED) is 0.788. The molecule has 0 aromatic heterocycles. The van der Waals surface area contributed by atoms with Gasteiger partial charge in [-0.1, -0.05) is 0 Å². The van der Waals surface area contributed by atoms with Gasteiger partial charge in [0.1, 0.15) is 17.7 Å². The molecule has 2 heterocycles. The number of amides is 2. The zero-order valence-corrected chi connectivity index (χ0v) is 16.5. The van der Waals surface area contributed by atoms with Gasteiger partial charge in [0, 0.05) is 25.1 Å². The lowest BCUT2D eigenvalue weighted by molar-refractivity contribution is -0.137. The average Bonchev–Trinajstić information content (AvgIpc) is 3.39. The maximum absolute atomic E-state index is 15.3. The molecule has 8 heteroatoms. The molecule has 156 valence electrons. The van der Waals surface area contributed by atoms with Crippen molar-refractivity contribution in [3.8, 4) is 0 Å². The van der Waals surface area contributed by atoms with Gasteiger partial charge in [0.25, 0.3) is 0 Å². The van der Waals surface area contributed by atoms with Crippen LogP contribution in [0.1, 0.15) is 63.0 Å². The van der Waals surface area contributed by atoms with Crippen molar-refractivity contribution < 1.29 is 28.3 Å². The van der Waals surface area contributed by atoms with Crippen molar-refractivity contribution >= 4 is 23.5 Å². The number of hydrogen-bond donors (Lipinski definition) is 1. The summed E-state index contributed by atoms with van der Waals surface area (Å²) in [6.07, 6.45) is 2.16. The van der Waals surface area contributed by atoms with Crippen molar-refractivity contribution in [2.24, 2.45) is 0 Å². The fraction of sp³-hybridized carbons (Fsp3) is 0.571. The fourth-order valence-corrected chi connectivity index (χ4v) is 4.55. The maximum atomic E-state index is 15.3. The first-order chi connectivity index (χ1) is 13.6. The van der Waals surface area contributed by atoms with Crippen LogP contribution >= 0.6 is 0 Å². The van der Waals surface area contributed by atoms with Gasteiger partial charge in [-0.15, -0.1) is 0 Å². The van der Waals surface area contributed by atoms with E-state index in [0.717, 1.165) is 17.7 Å². The Morgan fingerprint density at radius 2 is 1.93 bits per heavy atom. The van der Waals surface area contributed by atoms with Crippen LogP contribution in [0.25, 0.3) is 0 Å². The van der Waals surface area contributed by atoms with E-state index >= 15 is 8.78 Å². The number of halogens is 2. The van der Waals surface area contributed by atoms with Gasteiger partial charge in [-0.2, -0.15) is 0 Å². The van der Waals surface area contributed by atoms with E-state index in [9.17, 15) is 14.4 Å². The number of nitrogens with zero attached hydrogens (tertiary/aromatic N) is 2. The second kappa shape index (κ2) is 6.78. The molecule has 0 bridgehead atoms. The molecule has 1 aliphatic carbocycles. The zero-order chi connectivity index (χ0) is 21.1. The molecule has 29 heavy (non-hydrogen) atoms. The third-order valence-electron chi connectivity index (χ3n) is 6.25. The third kappa shape index (κ3) is 3.09. The van der Waals surface area contributed by atoms with Crippen LogP contribution < -0.4 is 4.90 Å². The number of anilines is 1. The van der Waals surface area contributed by atoms with Crippen LogP contribution in [0.5, 0.6) is 0 Å². The van der Waals surface area contributed by atoms with Crippen LogP contribution in [-0.2, 0) is 19.8 Å². The van der Waals surface area contributed by atoms with Gasteiger partial charge < -0.3 is 10.0 Å². The first-order valence-electron chi connectivity index (χ1n) is 10.0. The molecule has 0 radical (unpaired) electrons. The third-order valence-corrected chi connectivity index (χ3v) is 6.25. The zero-order valence-electron chi connectivity index (χ0n) is 16.5. The summed E-state index contributed by atoms with van der Waals surface area (Å²) in [4.78, 5) is 39.4. The van der Waals surface area contributed by atoms with Gasteiger partial charge in [0.15, 0.2) is 0 Å². The minimum atomic E-state index is -1.26. The van der Waals surface area contributed by atoms with E-state index in [1.54, 1.807) is 13.8 Å². The predicted molar refractivity (Wildman–Crippen MR) is 101 cm³/mol. The van der Waals surface area contributed by atoms with Crippen molar-refractivity contribution in [1.82, 2.24) is 4.90 Å². The highest BCUT2D eigenvalue weighted by Gasteiger charge is 2.53. The summed E-state index contributed by atoms with van der Waals surface area (Å²) in [5.74, 6) is -2.98. The fourth-order valence-electron chi connectivity index (χ4n) is 4.55. The lowest BCUT2D eigenvalue weighted by atomic mass is 9.84. The van der Waals surface area contributed by atoms with Gasteiger partial charge in [0.05, 0.1) is 11.1 Å². The summed E-state index contributed by atoms with van der Waals surface area (Å²) in [6, 6.07) is 0.283. The number of carboxylic acid groups (broad SMARTS) is 1. The monoisotopic (exact) mass is 406 g/mol. The predicted octanol–water partition coefficient (Wildman–Crippen LogP) is 2.93. The van der Waals surface area contributed by atoms with Crippen molar-refractivity contribution in [3.63, 3.8) is 0 Å². The minimum absolute atomic E-state index is 0.00686. The second-order valence-electron chi connectivity index (χ2n) is 8.69. The van der Waals surface area contributed by atoms with Gasteiger partial charge in [-0.25, -0.2) is 8.78 Å². The summed E-state index contributed by atoms with van der Waals surface area (Å²) in [6.45, 7) is 3.75. The highest BCUT2D eigenvalue weighted by Crippen LogP contribution is 2.51. The summed E-state index contributed by atoms with van der Waals surface area (Å²) in [7, 11) is 0. The van der Waals surface area contributed by atoms with Gasteiger partial charge >= 0.3 is 5.97 Å². The van der Waals surface area contributed by atoms with E-state index in [0.29, 0.717) is 24.9 Å². The molecule has 1 saturated heterocycles. The number of rotatable bonds is 6. The van der Waals surface area contributed by atoms with E-state index < -0.39 is 35.0 Å². The number of carbonyl (C=O) groups is 3.